The van der Waals surface area contributed by atoms with Gasteiger partial charge in [0.25, 0.3) is 5.91 Å². The van der Waals surface area contributed by atoms with Crippen molar-refractivity contribution in [2.24, 2.45) is 0 Å². The van der Waals surface area contributed by atoms with Gasteiger partial charge in [0.1, 0.15) is 5.75 Å². The highest BCUT2D eigenvalue weighted by atomic mass is 16.5. The summed E-state index contributed by atoms with van der Waals surface area (Å²) in [5, 5.41) is 5.44. The third-order valence-corrected chi connectivity index (χ3v) is 6.31. The van der Waals surface area contributed by atoms with E-state index in [1.165, 1.54) is 10.9 Å². The van der Waals surface area contributed by atoms with E-state index in [1.807, 2.05) is 36.5 Å². The normalized spacial score (nSPS) is 15.9. The van der Waals surface area contributed by atoms with E-state index >= 15 is 0 Å². The molecule has 6 nitrogen and oxygen atoms in total. The maximum atomic E-state index is 13.3. The SMILES string of the molecule is COCCn1ccc2c(C(=O)N[C@H]3CCCc4c3[nH]c3ccc(OC)cc43)cccc21. The molecule has 1 amide bonds. The van der Waals surface area contributed by atoms with Crippen molar-refractivity contribution >= 4 is 27.7 Å². The minimum Gasteiger partial charge on any atom is -0.497 e. The maximum absolute atomic E-state index is 13.3. The first-order valence-electron chi connectivity index (χ1n) is 10.8. The highest BCUT2D eigenvalue weighted by Gasteiger charge is 2.26. The molecule has 5 rings (SSSR count). The number of carbonyl (C=O) groups excluding carboxylic acids is 1. The number of aryl methyl sites for hydroxylation is 1. The highest BCUT2D eigenvalue weighted by Crippen LogP contribution is 2.36. The molecule has 0 radical (unpaired) electrons. The molecule has 0 aliphatic heterocycles. The van der Waals surface area contributed by atoms with E-state index in [4.69, 9.17) is 9.47 Å². The Bertz CT molecular complexity index is 1250. The van der Waals surface area contributed by atoms with E-state index in [1.54, 1.807) is 14.2 Å². The minimum atomic E-state index is -0.0378. The van der Waals surface area contributed by atoms with Gasteiger partial charge in [-0.25, -0.2) is 0 Å². The van der Waals surface area contributed by atoms with E-state index in [2.05, 4.69) is 27.0 Å². The van der Waals surface area contributed by atoms with Gasteiger partial charge in [-0.15, -0.1) is 0 Å². The Morgan fingerprint density at radius 1 is 1.19 bits per heavy atom. The fourth-order valence-corrected chi connectivity index (χ4v) is 4.76. The summed E-state index contributed by atoms with van der Waals surface area (Å²) in [5.74, 6) is 0.814. The van der Waals surface area contributed by atoms with E-state index in [0.29, 0.717) is 12.2 Å². The van der Waals surface area contributed by atoms with Crippen molar-refractivity contribution in [1.82, 2.24) is 14.9 Å². The first-order chi connectivity index (χ1) is 15.2. The molecule has 2 heterocycles. The number of hydrogen-bond acceptors (Lipinski definition) is 3. The lowest BCUT2D eigenvalue weighted by Gasteiger charge is -2.24. The van der Waals surface area contributed by atoms with E-state index in [0.717, 1.165) is 53.7 Å². The van der Waals surface area contributed by atoms with Gasteiger partial charge in [0.05, 0.1) is 19.8 Å². The van der Waals surface area contributed by atoms with Gasteiger partial charge in [0.2, 0.25) is 0 Å². The van der Waals surface area contributed by atoms with Crippen LogP contribution >= 0.6 is 0 Å². The van der Waals surface area contributed by atoms with Crippen molar-refractivity contribution in [3.8, 4) is 5.75 Å². The van der Waals surface area contributed by atoms with Gasteiger partial charge in [0, 0.05) is 52.9 Å². The molecule has 1 aliphatic rings. The lowest BCUT2D eigenvalue weighted by atomic mass is 9.91. The first-order valence-corrected chi connectivity index (χ1v) is 10.8. The summed E-state index contributed by atoms with van der Waals surface area (Å²) in [5.41, 5.74) is 5.25. The number of carbonyl (C=O) groups is 1. The molecule has 0 spiro atoms. The molecule has 160 valence electrons. The molecule has 0 saturated heterocycles. The molecule has 1 aliphatic carbocycles. The zero-order chi connectivity index (χ0) is 21.4. The Morgan fingerprint density at radius 3 is 2.94 bits per heavy atom. The van der Waals surface area contributed by atoms with Crippen molar-refractivity contribution in [1.29, 1.82) is 0 Å². The van der Waals surface area contributed by atoms with Gasteiger partial charge in [-0.05, 0) is 61.2 Å². The first kappa shape index (κ1) is 19.7. The summed E-state index contributed by atoms with van der Waals surface area (Å²) >= 11 is 0. The average Bonchev–Trinajstić information content (AvgIpc) is 3.39. The van der Waals surface area contributed by atoms with Crippen molar-refractivity contribution < 1.29 is 14.3 Å². The van der Waals surface area contributed by atoms with Crippen LogP contribution in [-0.4, -0.2) is 36.3 Å². The zero-order valence-electron chi connectivity index (χ0n) is 17.9. The molecule has 4 aromatic rings. The van der Waals surface area contributed by atoms with Crippen LogP contribution in [0.1, 0.15) is 40.5 Å². The monoisotopic (exact) mass is 417 g/mol. The molecule has 2 N–H and O–H groups in total. The fraction of sp³-hybridized carbons (Fsp3) is 0.320. The molecule has 2 aromatic carbocycles. The summed E-state index contributed by atoms with van der Waals surface area (Å²) < 4.78 is 12.7. The molecule has 2 aromatic heterocycles. The number of aromatic nitrogens is 2. The third kappa shape index (κ3) is 3.47. The molecular weight excluding hydrogens is 390 g/mol. The summed E-state index contributed by atoms with van der Waals surface area (Å²) in [4.78, 5) is 16.8. The van der Waals surface area contributed by atoms with Crippen LogP contribution in [0.2, 0.25) is 0 Å². The lowest BCUT2D eigenvalue weighted by molar-refractivity contribution is 0.0933. The van der Waals surface area contributed by atoms with E-state index in [-0.39, 0.29) is 11.9 Å². The van der Waals surface area contributed by atoms with Crippen LogP contribution in [0.4, 0.5) is 0 Å². The molecular formula is C25H27N3O3. The predicted octanol–water partition coefficient (Wildman–Crippen LogP) is 4.59. The minimum absolute atomic E-state index is 0.0273. The summed E-state index contributed by atoms with van der Waals surface area (Å²) in [7, 11) is 3.38. The van der Waals surface area contributed by atoms with E-state index in [9.17, 15) is 4.79 Å². The Kier molecular flexibility index (Phi) is 5.16. The molecule has 31 heavy (non-hydrogen) atoms. The molecule has 0 saturated carbocycles. The summed E-state index contributed by atoms with van der Waals surface area (Å²) in [6.45, 7) is 1.39. The number of nitrogens with one attached hydrogen (secondary N) is 2. The molecule has 6 heteroatoms. The Labute approximate surface area is 181 Å². The van der Waals surface area contributed by atoms with Gasteiger partial charge < -0.3 is 24.3 Å². The Hall–Kier alpha value is -3.25. The molecule has 0 bridgehead atoms. The number of amides is 1. The van der Waals surface area contributed by atoms with Crippen LogP contribution in [0.25, 0.3) is 21.8 Å². The number of hydrogen-bond donors (Lipinski definition) is 2. The lowest BCUT2D eigenvalue weighted by Crippen LogP contribution is -2.31. The van der Waals surface area contributed by atoms with Crippen molar-refractivity contribution in [3.63, 3.8) is 0 Å². The standard InChI is InChI=1S/C25H27N3O3/c1-30-14-13-28-12-11-17-19(6-4-8-23(17)28)25(29)27-22-7-3-5-18-20-15-16(31-2)9-10-21(20)26-24(18)22/h4,6,8-12,15,22,26H,3,5,7,13-14H2,1-2H3,(H,27,29)/t22-/m0/s1. The van der Waals surface area contributed by atoms with Gasteiger partial charge in [0.15, 0.2) is 0 Å². The van der Waals surface area contributed by atoms with Gasteiger partial charge in [-0.3, -0.25) is 4.79 Å². The Balaban J connectivity index is 1.45. The van der Waals surface area contributed by atoms with Crippen LogP contribution in [-0.2, 0) is 17.7 Å². The fourth-order valence-electron chi connectivity index (χ4n) is 4.76. The number of fused-ring (bicyclic) bond motifs is 4. The third-order valence-electron chi connectivity index (χ3n) is 6.31. The summed E-state index contributed by atoms with van der Waals surface area (Å²) in [6, 6.07) is 14.0. The number of H-pyrrole nitrogens is 1. The van der Waals surface area contributed by atoms with Crippen LogP contribution in [0, 0.1) is 0 Å². The van der Waals surface area contributed by atoms with Crippen molar-refractivity contribution in [2.45, 2.75) is 31.8 Å². The van der Waals surface area contributed by atoms with Crippen LogP contribution in [0.5, 0.6) is 5.75 Å². The largest absolute Gasteiger partial charge is 0.497 e. The van der Waals surface area contributed by atoms with Gasteiger partial charge in [-0.2, -0.15) is 0 Å². The molecule has 0 unspecified atom stereocenters. The van der Waals surface area contributed by atoms with Crippen LogP contribution < -0.4 is 10.1 Å². The van der Waals surface area contributed by atoms with Crippen molar-refractivity contribution in [3.05, 3.63) is 65.5 Å². The van der Waals surface area contributed by atoms with Crippen molar-refractivity contribution in [2.75, 3.05) is 20.8 Å². The number of ether oxygens (including phenoxy) is 2. The average molecular weight is 418 g/mol. The quantitative estimate of drug-likeness (QED) is 0.482. The molecule has 1 atom stereocenters. The number of rotatable bonds is 6. The maximum Gasteiger partial charge on any atom is 0.252 e. The predicted molar refractivity (Wildman–Crippen MR) is 122 cm³/mol. The second kappa shape index (κ2) is 8.12. The zero-order valence-corrected chi connectivity index (χ0v) is 17.9. The van der Waals surface area contributed by atoms with Crippen LogP contribution in [0.3, 0.4) is 0 Å². The summed E-state index contributed by atoms with van der Waals surface area (Å²) in [6.07, 6.45) is 4.99. The number of methoxy groups -OCH3 is 2. The Morgan fingerprint density at radius 2 is 2.10 bits per heavy atom. The van der Waals surface area contributed by atoms with Gasteiger partial charge in [-0.1, -0.05) is 6.07 Å². The highest BCUT2D eigenvalue weighted by molar-refractivity contribution is 6.06. The topological polar surface area (TPSA) is 68.3 Å². The van der Waals surface area contributed by atoms with Crippen LogP contribution in [0.15, 0.2) is 48.7 Å². The number of aromatic amines is 1. The number of nitrogens with zero attached hydrogens (tertiary/aromatic N) is 1. The number of benzene rings is 2. The van der Waals surface area contributed by atoms with E-state index < -0.39 is 0 Å². The second-order valence-electron chi connectivity index (χ2n) is 8.09. The second-order valence-corrected chi connectivity index (χ2v) is 8.09. The smallest absolute Gasteiger partial charge is 0.252 e. The van der Waals surface area contributed by atoms with Gasteiger partial charge >= 0.3 is 0 Å². The molecule has 0 fully saturated rings.